The van der Waals surface area contributed by atoms with Gasteiger partial charge in [-0.25, -0.2) is 0 Å². The summed E-state index contributed by atoms with van der Waals surface area (Å²) in [4.78, 5) is 1.51. The van der Waals surface area contributed by atoms with Crippen molar-refractivity contribution in [3.63, 3.8) is 0 Å². The second kappa shape index (κ2) is 6.01. The summed E-state index contributed by atoms with van der Waals surface area (Å²) in [7, 11) is 0. The molecule has 1 nitrogen and oxygen atoms in total. The number of hydrogen-bond donors (Lipinski definition) is 1. The highest BCUT2D eigenvalue weighted by molar-refractivity contribution is 7.09. The number of rotatable bonds is 4. The van der Waals surface area contributed by atoms with E-state index in [1.807, 2.05) is 11.3 Å². The minimum atomic E-state index is 0.574. The number of hydrogen-bond acceptors (Lipinski definition) is 2. The molecule has 0 bridgehead atoms. The zero-order valence-electron chi connectivity index (χ0n) is 11.2. The summed E-state index contributed by atoms with van der Waals surface area (Å²) in [6.07, 6.45) is 8.09. The zero-order valence-corrected chi connectivity index (χ0v) is 12.0. The first kappa shape index (κ1) is 13.1. The van der Waals surface area contributed by atoms with Crippen LogP contribution in [0.2, 0.25) is 0 Å². The Morgan fingerprint density at radius 2 is 2.24 bits per heavy atom. The molecule has 1 saturated carbocycles. The third-order valence-corrected chi connectivity index (χ3v) is 4.90. The van der Waals surface area contributed by atoms with E-state index in [1.54, 1.807) is 0 Å². The Morgan fingerprint density at radius 1 is 1.35 bits per heavy atom. The highest BCUT2D eigenvalue weighted by atomic mass is 32.1. The van der Waals surface area contributed by atoms with Gasteiger partial charge in [0.05, 0.1) is 0 Å². The van der Waals surface area contributed by atoms with Gasteiger partial charge in [-0.2, -0.15) is 0 Å². The Labute approximate surface area is 110 Å². The molecule has 2 rings (SSSR count). The topological polar surface area (TPSA) is 12.0 Å². The SMILES string of the molecule is CC1(C)CCCC(NCCc2cccs2)CC1. The van der Waals surface area contributed by atoms with Crippen molar-refractivity contribution in [2.75, 3.05) is 6.54 Å². The van der Waals surface area contributed by atoms with E-state index in [-0.39, 0.29) is 0 Å². The fourth-order valence-electron chi connectivity index (χ4n) is 2.72. The van der Waals surface area contributed by atoms with E-state index < -0.39 is 0 Å². The van der Waals surface area contributed by atoms with Gasteiger partial charge >= 0.3 is 0 Å². The standard InChI is InChI=1S/C15H25NS/c1-15(2)9-3-5-13(7-10-15)16-11-8-14-6-4-12-17-14/h4,6,12-13,16H,3,5,7-11H2,1-2H3. The summed E-state index contributed by atoms with van der Waals surface area (Å²) >= 11 is 1.87. The van der Waals surface area contributed by atoms with Crippen LogP contribution in [0.25, 0.3) is 0 Å². The lowest BCUT2D eigenvalue weighted by atomic mass is 9.85. The van der Waals surface area contributed by atoms with Crippen molar-refractivity contribution in [3.05, 3.63) is 22.4 Å². The van der Waals surface area contributed by atoms with Crippen LogP contribution in [-0.2, 0) is 6.42 Å². The fourth-order valence-corrected chi connectivity index (χ4v) is 3.43. The second-order valence-corrected chi connectivity index (χ2v) is 7.11. The predicted octanol–water partition coefficient (Wildman–Crippen LogP) is 4.24. The van der Waals surface area contributed by atoms with Crippen LogP contribution in [0.4, 0.5) is 0 Å². The summed E-state index contributed by atoms with van der Waals surface area (Å²) < 4.78 is 0. The van der Waals surface area contributed by atoms with E-state index in [2.05, 4.69) is 36.7 Å². The van der Waals surface area contributed by atoms with Crippen molar-refractivity contribution in [1.82, 2.24) is 5.32 Å². The maximum Gasteiger partial charge on any atom is 0.00674 e. The van der Waals surface area contributed by atoms with Crippen LogP contribution in [0.1, 0.15) is 50.8 Å². The first-order valence-corrected chi connectivity index (χ1v) is 7.79. The molecular weight excluding hydrogens is 226 g/mol. The molecule has 0 amide bonds. The Bertz CT molecular complexity index is 316. The molecule has 1 N–H and O–H groups in total. The molecule has 0 aliphatic heterocycles. The molecule has 1 aromatic heterocycles. The van der Waals surface area contributed by atoms with E-state index in [0.717, 1.165) is 12.6 Å². The lowest BCUT2D eigenvalue weighted by molar-refractivity contribution is 0.310. The van der Waals surface area contributed by atoms with Gasteiger partial charge in [0.1, 0.15) is 0 Å². The number of thiophene rings is 1. The third-order valence-electron chi connectivity index (χ3n) is 3.96. The van der Waals surface area contributed by atoms with Gasteiger partial charge in [0.25, 0.3) is 0 Å². The largest absolute Gasteiger partial charge is 0.314 e. The highest BCUT2D eigenvalue weighted by Gasteiger charge is 2.23. The van der Waals surface area contributed by atoms with Crippen molar-refractivity contribution in [2.24, 2.45) is 5.41 Å². The molecule has 1 aromatic rings. The Balaban J connectivity index is 1.69. The maximum absolute atomic E-state index is 3.74. The summed E-state index contributed by atoms with van der Waals surface area (Å²) in [5.74, 6) is 0. The van der Waals surface area contributed by atoms with E-state index in [4.69, 9.17) is 0 Å². The van der Waals surface area contributed by atoms with Crippen LogP contribution < -0.4 is 5.32 Å². The second-order valence-electron chi connectivity index (χ2n) is 6.08. The van der Waals surface area contributed by atoms with Gasteiger partial charge in [-0.05, 0) is 49.0 Å². The van der Waals surface area contributed by atoms with Crippen molar-refractivity contribution >= 4 is 11.3 Å². The van der Waals surface area contributed by atoms with Crippen molar-refractivity contribution < 1.29 is 0 Å². The fraction of sp³-hybridized carbons (Fsp3) is 0.733. The third kappa shape index (κ3) is 4.44. The van der Waals surface area contributed by atoms with Crippen molar-refractivity contribution in [3.8, 4) is 0 Å². The average Bonchev–Trinajstić information content (AvgIpc) is 2.72. The highest BCUT2D eigenvalue weighted by Crippen LogP contribution is 2.33. The molecule has 96 valence electrons. The van der Waals surface area contributed by atoms with Gasteiger partial charge in [-0.15, -0.1) is 11.3 Å². The summed E-state index contributed by atoms with van der Waals surface area (Å²) in [5.41, 5.74) is 0.574. The Morgan fingerprint density at radius 3 is 3.00 bits per heavy atom. The lowest BCUT2D eigenvalue weighted by Crippen LogP contribution is -2.30. The summed E-state index contributed by atoms with van der Waals surface area (Å²) in [6.45, 7) is 5.98. The molecule has 0 radical (unpaired) electrons. The van der Waals surface area contributed by atoms with Crippen LogP contribution in [0.15, 0.2) is 17.5 Å². The molecular formula is C15H25NS. The molecule has 1 fully saturated rings. The first-order chi connectivity index (χ1) is 8.16. The molecule has 0 spiro atoms. The van der Waals surface area contributed by atoms with Crippen LogP contribution in [0.5, 0.6) is 0 Å². The van der Waals surface area contributed by atoms with Gasteiger partial charge in [0, 0.05) is 17.5 Å². The van der Waals surface area contributed by atoms with Crippen molar-refractivity contribution in [2.45, 2.75) is 58.4 Å². The molecule has 0 aromatic carbocycles. The van der Waals surface area contributed by atoms with Gasteiger partial charge in [-0.3, -0.25) is 0 Å². The molecule has 1 aliphatic rings. The molecule has 1 aliphatic carbocycles. The molecule has 1 unspecified atom stereocenters. The van der Waals surface area contributed by atoms with E-state index in [9.17, 15) is 0 Å². The normalized spacial score (nSPS) is 24.5. The van der Waals surface area contributed by atoms with Gasteiger partial charge in [0.15, 0.2) is 0 Å². The quantitative estimate of drug-likeness (QED) is 0.789. The molecule has 2 heteroatoms. The van der Waals surface area contributed by atoms with Crippen LogP contribution >= 0.6 is 11.3 Å². The van der Waals surface area contributed by atoms with Crippen LogP contribution in [-0.4, -0.2) is 12.6 Å². The maximum atomic E-state index is 3.74. The minimum absolute atomic E-state index is 0.574. The minimum Gasteiger partial charge on any atom is -0.314 e. The van der Waals surface area contributed by atoms with E-state index in [1.165, 1.54) is 43.4 Å². The van der Waals surface area contributed by atoms with Gasteiger partial charge in [-0.1, -0.05) is 26.3 Å². The van der Waals surface area contributed by atoms with E-state index in [0.29, 0.717) is 5.41 Å². The van der Waals surface area contributed by atoms with Crippen LogP contribution in [0.3, 0.4) is 0 Å². The molecule has 0 saturated heterocycles. The van der Waals surface area contributed by atoms with Crippen molar-refractivity contribution in [1.29, 1.82) is 0 Å². The van der Waals surface area contributed by atoms with Crippen LogP contribution in [0, 0.1) is 5.41 Å². The Hall–Kier alpha value is -0.340. The summed E-state index contributed by atoms with van der Waals surface area (Å²) in [6, 6.07) is 5.15. The van der Waals surface area contributed by atoms with Gasteiger partial charge < -0.3 is 5.32 Å². The predicted molar refractivity (Wildman–Crippen MR) is 76.7 cm³/mol. The lowest BCUT2D eigenvalue weighted by Gasteiger charge is -2.22. The average molecular weight is 251 g/mol. The molecule has 1 heterocycles. The first-order valence-electron chi connectivity index (χ1n) is 6.91. The monoisotopic (exact) mass is 251 g/mol. The zero-order chi connectivity index (χ0) is 12.1. The number of nitrogens with one attached hydrogen (secondary N) is 1. The molecule has 17 heavy (non-hydrogen) atoms. The summed E-state index contributed by atoms with van der Waals surface area (Å²) in [5, 5.41) is 5.91. The van der Waals surface area contributed by atoms with Gasteiger partial charge in [0.2, 0.25) is 0 Å². The Kier molecular flexibility index (Phi) is 4.63. The van der Waals surface area contributed by atoms with E-state index >= 15 is 0 Å². The smallest absolute Gasteiger partial charge is 0.00674 e. The molecule has 1 atom stereocenters.